The molecule has 0 amide bonds. The summed E-state index contributed by atoms with van der Waals surface area (Å²) in [7, 11) is 0. The van der Waals surface area contributed by atoms with E-state index in [9.17, 15) is 9.18 Å². The Morgan fingerprint density at radius 1 is 1.39 bits per heavy atom. The summed E-state index contributed by atoms with van der Waals surface area (Å²) in [6.07, 6.45) is 0. The minimum absolute atomic E-state index is 0.229. The molecule has 1 aromatic carbocycles. The molecule has 7 heteroatoms. The summed E-state index contributed by atoms with van der Waals surface area (Å²) in [5, 5.41) is 7.77. The summed E-state index contributed by atoms with van der Waals surface area (Å²) in [6.45, 7) is 1.53. The summed E-state index contributed by atoms with van der Waals surface area (Å²) < 4.78 is 14.3. The van der Waals surface area contributed by atoms with Crippen LogP contribution in [0.1, 0.15) is 11.3 Å². The number of benzene rings is 1. The maximum atomic E-state index is 13.4. The molecule has 94 valence electrons. The van der Waals surface area contributed by atoms with Gasteiger partial charge in [-0.25, -0.2) is 4.39 Å². The van der Waals surface area contributed by atoms with Crippen LogP contribution >= 0.6 is 11.8 Å². The molecule has 5 nitrogen and oxygen atoms in total. The van der Waals surface area contributed by atoms with E-state index in [0.717, 1.165) is 16.4 Å². The fourth-order valence-corrected chi connectivity index (χ4v) is 2.17. The van der Waals surface area contributed by atoms with Gasteiger partial charge in [0.05, 0.1) is 0 Å². The van der Waals surface area contributed by atoms with Crippen LogP contribution in [-0.2, 0) is 5.75 Å². The van der Waals surface area contributed by atoms with Gasteiger partial charge in [0.1, 0.15) is 11.5 Å². The molecule has 0 aliphatic rings. The van der Waals surface area contributed by atoms with Gasteiger partial charge in [-0.1, -0.05) is 30.0 Å². The number of thioether (sulfide) groups is 1. The lowest BCUT2D eigenvalue weighted by Gasteiger charge is -2.06. The summed E-state index contributed by atoms with van der Waals surface area (Å²) in [5.74, 6) is 5.61. The van der Waals surface area contributed by atoms with Gasteiger partial charge in [-0.05, 0) is 18.6 Å². The molecule has 0 radical (unpaired) electrons. The van der Waals surface area contributed by atoms with E-state index < -0.39 is 5.56 Å². The Hall–Kier alpha value is -1.89. The maximum absolute atomic E-state index is 13.4. The van der Waals surface area contributed by atoms with Crippen LogP contribution in [0.25, 0.3) is 0 Å². The quantitative estimate of drug-likeness (QED) is 0.665. The molecular weight excluding hydrogens is 255 g/mol. The van der Waals surface area contributed by atoms with Gasteiger partial charge in [0.15, 0.2) is 0 Å². The highest BCUT2D eigenvalue weighted by Crippen LogP contribution is 2.20. The largest absolute Gasteiger partial charge is 0.334 e. The first-order valence-electron chi connectivity index (χ1n) is 5.17. The molecule has 0 atom stereocenters. The van der Waals surface area contributed by atoms with Crippen molar-refractivity contribution in [3.8, 4) is 0 Å². The molecule has 0 fully saturated rings. The molecule has 2 N–H and O–H groups in total. The van der Waals surface area contributed by atoms with Gasteiger partial charge in [-0.15, -0.1) is 10.2 Å². The molecule has 0 saturated carbocycles. The Labute approximate surface area is 107 Å². The van der Waals surface area contributed by atoms with Crippen LogP contribution in [0.4, 0.5) is 4.39 Å². The number of hydrogen-bond acceptors (Lipinski definition) is 5. The van der Waals surface area contributed by atoms with E-state index in [1.165, 1.54) is 13.0 Å². The van der Waals surface area contributed by atoms with Gasteiger partial charge in [-0.2, -0.15) is 4.68 Å². The summed E-state index contributed by atoms with van der Waals surface area (Å²) in [6, 6.07) is 6.42. The highest BCUT2D eigenvalue weighted by molar-refractivity contribution is 7.98. The van der Waals surface area contributed by atoms with Crippen molar-refractivity contribution in [2.45, 2.75) is 17.8 Å². The van der Waals surface area contributed by atoms with Crippen LogP contribution in [0.15, 0.2) is 34.2 Å². The standard InChI is InChI=1S/C11H11FN4OS/c1-7-10(17)16(13)11(15-14-7)18-6-8-4-2-3-5-9(8)12/h2-5H,6,13H2,1H3. The second kappa shape index (κ2) is 5.18. The molecule has 0 aliphatic carbocycles. The van der Waals surface area contributed by atoms with Crippen LogP contribution in [0.5, 0.6) is 0 Å². The Bertz CT molecular complexity index is 629. The van der Waals surface area contributed by atoms with E-state index in [1.807, 2.05) is 0 Å². The number of rotatable bonds is 3. The number of nitrogens with two attached hydrogens (primary N) is 1. The maximum Gasteiger partial charge on any atom is 0.294 e. The first-order valence-corrected chi connectivity index (χ1v) is 6.16. The Morgan fingerprint density at radius 3 is 2.83 bits per heavy atom. The normalized spacial score (nSPS) is 10.6. The average molecular weight is 266 g/mol. The Kier molecular flexibility index (Phi) is 3.61. The fourth-order valence-electron chi connectivity index (χ4n) is 1.33. The number of halogens is 1. The number of aromatic nitrogens is 3. The SMILES string of the molecule is Cc1nnc(SCc2ccccc2F)n(N)c1=O. The van der Waals surface area contributed by atoms with Crippen LogP contribution in [-0.4, -0.2) is 14.9 Å². The minimum Gasteiger partial charge on any atom is -0.334 e. The molecule has 2 aromatic rings. The predicted octanol–water partition coefficient (Wildman–Crippen LogP) is 1.09. The van der Waals surface area contributed by atoms with E-state index in [1.54, 1.807) is 18.2 Å². The topological polar surface area (TPSA) is 73.8 Å². The lowest BCUT2D eigenvalue weighted by Crippen LogP contribution is -2.32. The molecule has 1 heterocycles. The smallest absolute Gasteiger partial charge is 0.294 e. The Morgan fingerprint density at radius 2 is 2.11 bits per heavy atom. The monoisotopic (exact) mass is 266 g/mol. The molecule has 18 heavy (non-hydrogen) atoms. The van der Waals surface area contributed by atoms with E-state index in [4.69, 9.17) is 5.84 Å². The van der Waals surface area contributed by atoms with Crippen molar-refractivity contribution in [3.05, 3.63) is 51.7 Å². The fraction of sp³-hybridized carbons (Fsp3) is 0.182. The highest BCUT2D eigenvalue weighted by atomic mass is 32.2. The van der Waals surface area contributed by atoms with Crippen LogP contribution < -0.4 is 11.4 Å². The molecule has 0 spiro atoms. The minimum atomic E-state index is -0.402. The van der Waals surface area contributed by atoms with Crippen molar-refractivity contribution in [2.75, 3.05) is 5.84 Å². The van der Waals surface area contributed by atoms with Gasteiger partial charge < -0.3 is 5.84 Å². The van der Waals surface area contributed by atoms with E-state index in [-0.39, 0.29) is 16.7 Å². The first-order chi connectivity index (χ1) is 8.59. The lowest BCUT2D eigenvalue weighted by molar-refractivity contribution is 0.617. The molecule has 0 saturated heterocycles. The second-order valence-electron chi connectivity index (χ2n) is 3.62. The van der Waals surface area contributed by atoms with Crippen molar-refractivity contribution in [1.82, 2.24) is 14.9 Å². The van der Waals surface area contributed by atoms with Crippen molar-refractivity contribution >= 4 is 11.8 Å². The first kappa shape index (κ1) is 12.6. The summed E-state index contributed by atoms with van der Waals surface area (Å²) >= 11 is 1.16. The van der Waals surface area contributed by atoms with Crippen molar-refractivity contribution < 1.29 is 4.39 Å². The number of nitrogen functional groups attached to an aromatic ring is 1. The van der Waals surface area contributed by atoms with Gasteiger partial charge in [0, 0.05) is 5.75 Å². The molecule has 2 rings (SSSR count). The van der Waals surface area contributed by atoms with Crippen LogP contribution in [0.3, 0.4) is 0 Å². The number of nitrogens with zero attached hydrogens (tertiary/aromatic N) is 3. The molecular formula is C11H11FN4OS. The molecule has 0 unspecified atom stereocenters. The van der Waals surface area contributed by atoms with Gasteiger partial charge >= 0.3 is 0 Å². The molecule has 0 aliphatic heterocycles. The third kappa shape index (κ3) is 2.51. The summed E-state index contributed by atoms with van der Waals surface area (Å²) in [5.41, 5.74) is 0.353. The number of aryl methyl sites for hydroxylation is 1. The van der Waals surface area contributed by atoms with Crippen LogP contribution in [0, 0.1) is 12.7 Å². The third-order valence-electron chi connectivity index (χ3n) is 2.33. The lowest BCUT2D eigenvalue weighted by atomic mass is 10.2. The summed E-state index contributed by atoms with van der Waals surface area (Å²) in [4.78, 5) is 11.5. The van der Waals surface area contributed by atoms with E-state index >= 15 is 0 Å². The van der Waals surface area contributed by atoms with E-state index in [0.29, 0.717) is 11.3 Å². The highest BCUT2D eigenvalue weighted by Gasteiger charge is 2.09. The van der Waals surface area contributed by atoms with Gasteiger partial charge in [-0.3, -0.25) is 4.79 Å². The van der Waals surface area contributed by atoms with Crippen molar-refractivity contribution in [1.29, 1.82) is 0 Å². The van der Waals surface area contributed by atoms with Gasteiger partial charge in [0.2, 0.25) is 5.16 Å². The second-order valence-corrected chi connectivity index (χ2v) is 4.57. The zero-order valence-electron chi connectivity index (χ0n) is 9.63. The predicted molar refractivity (Wildman–Crippen MR) is 67.1 cm³/mol. The zero-order chi connectivity index (χ0) is 13.1. The van der Waals surface area contributed by atoms with Crippen molar-refractivity contribution in [3.63, 3.8) is 0 Å². The van der Waals surface area contributed by atoms with E-state index in [2.05, 4.69) is 10.2 Å². The third-order valence-corrected chi connectivity index (χ3v) is 3.33. The van der Waals surface area contributed by atoms with Gasteiger partial charge in [0.25, 0.3) is 5.56 Å². The Balaban J connectivity index is 2.19. The zero-order valence-corrected chi connectivity index (χ0v) is 10.4. The number of hydrogen-bond donors (Lipinski definition) is 1. The van der Waals surface area contributed by atoms with Crippen molar-refractivity contribution in [2.24, 2.45) is 0 Å². The molecule has 1 aromatic heterocycles. The average Bonchev–Trinajstić information content (AvgIpc) is 2.37. The molecule has 0 bridgehead atoms. The van der Waals surface area contributed by atoms with Crippen LogP contribution in [0.2, 0.25) is 0 Å².